The van der Waals surface area contributed by atoms with Crippen LogP contribution in [0.15, 0.2) is 23.0 Å². The molecular formula is C16H17N3O5. The Bertz CT molecular complexity index is 900. The van der Waals surface area contributed by atoms with Crippen molar-refractivity contribution in [2.45, 2.75) is 39.7 Å². The summed E-state index contributed by atoms with van der Waals surface area (Å²) in [6.07, 6.45) is 0.282. The second-order valence-electron chi connectivity index (χ2n) is 5.63. The molecule has 1 unspecified atom stereocenters. The molecule has 0 bridgehead atoms. The average molecular weight is 331 g/mol. The lowest BCUT2D eigenvalue weighted by Gasteiger charge is -2.19. The number of carbonyl (C=O) groups excluding carboxylic acids is 2. The van der Waals surface area contributed by atoms with Crippen molar-refractivity contribution in [2.75, 3.05) is 0 Å². The summed E-state index contributed by atoms with van der Waals surface area (Å²) in [6.45, 7) is 4.28. The summed E-state index contributed by atoms with van der Waals surface area (Å²) >= 11 is 0. The van der Waals surface area contributed by atoms with Gasteiger partial charge < -0.3 is 4.79 Å². The number of nitro groups is 1. The number of rotatable bonds is 6. The van der Waals surface area contributed by atoms with Gasteiger partial charge in [-0.3, -0.25) is 24.3 Å². The molecule has 8 heteroatoms. The van der Waals surface area contributed by atoms with E-state index < -0.39 is 16.5 Å². The first-order valence-corrected chi connectivity index (χ1v) is 7.40. The Kier molecular flexibility index (Phi) is 4.87. The fraction of sp³-hybridized carbons (Fsp3) is 0.375. The molecule has 1 heterocycles. The molecule has 0 aliphatic rings. The van der Waals surface area contributed by atoms with Crippen LogP contribution in [0.2, 0.25) is 0 Å². The molecule has 0 spiro atoms. The van der Waals surface area contributed by atoms with E-state index in [2.05, 4.69) is 4.98 Å². The third kappa shape index (κ3) is 3.22. The van der Waals surface area contributed by atoms with Gasteiger partial charge >= 0.3 is 0 Å². The van der Waals surface area contributed by atoms with Gasteiger partial charge in [0.2, 0.25) is 0 Å². The maximum Gasteiger partial charge on any atom is 0.284 e. The summed E-state index contributed by atoms with van der Waals surface area (Å²) in [5.74, 6) is -0.135. The van der Waals surface area contributed by atoms with Gasteiger partial charge in [-0.2, -0.15) is 0 Å². The first-order valence-electron chi connectivity index (χ1n) is 7.40. The molecule has 8 nitrogen and oxygen atoms in total. The lowest BCUT2D eigenvalue weighted by Crippen LogP contribution is -2.32. The van der Waals surface area contributed by atoms with Gasteiger partial charge in [0.15, 0.2) is 5.78 Å². The highest BCUT2D eigenvalue weighted by Crippen LogP contribution is 2.23. The third-order valence-electron chi connectivity index (χ3n) is 3.83. The molecule has 1 aromatic heterocycles. The van der Waals surface area contributed by atoms with Gasteiger partial charge in [0.05, 0.1) is 16.5 Å². The number of Topliss-reactive ketones (excluding diaryl/α,β-unsaturated/α-hetero) is 2. The van der Waals surface area contributed by atoms with Gasteiger partial charge in [-0.1, -0.05) is 6.07 Å². The Balaban J connectivity index is 2.75. The Morgan fingerprint density at radius 1 is 1.33 bits per heavy atom. The molecule has 0 amide bonds. The largest absolute Gasteiger partial charge is 0.300 e. The zero-order valence-corrected chi connectivity index (χ0v) is 13.6. The van der Waals surface area contributed by atoms with Gasteiger partial charge in [-0.15, -0.1) is 0 Å². The summed E-state index contributed by atoms with van der Waals surface area (Å²) in [6, 6.07) is 3.32. The first-order chi connectivity index (χ1) is 11.2. The van der Waals surface area contributed by atoms with Crippen LogP contribution in [0.5, 0.6) is 0 Å². The van der Waals surface area contributed by atoms with Crippen LogP contribution in [-0.4, -0.2) is 26.0 Å². The third-order valence-corrected chi connectivity index (χ3v) is 3.83. The minimum Gasteiger partial charge on any atom is -0.300 e. The van der Waals surface area contributed by atoms with Crippen LogP contribution in [0.1, 0.15) is 38.6 Å². The van der Waals surface area contributed by atoms with E-state index in [1.165, 1.54) is 32.0 Å². The summed E-state index contributed by atoms with van der Waals surface area (Å²) in [5.41, 5.74) is -0.794. The first kappa shape index (κ1) is 17.5. The van der Waals surface area contributed by atoms with Crippen LogP contribution in [0.3, 0.4) is 0 Å². The van der Waals surface area contributed by atoms with Crippen LogP contribution in [-0.2, 0) is 9.59 Å². The summed E-state index contributed by atoms with van der Waals surface area (Å²) in [4.78, 5) is 50.8. The lowest BCUT2D eigenvalue weighted by molar-refractivity contribution is -0.383. The Labute approximate surface area is 137 Å². The molecule has 0 aliphatic heterocycles. The fourth-order valence-electron chi connectivity index (χ4n) is 2.71. The van der Waals surface area contributed by atoms with Crippen molar-refractivity contribution >= 4 is 28.2 Å². The second-order valence-corrected chi connectivity index (χ2v) is 5.63. The number of benzene rings is 1. The van der Waals surface area contributed by atoms with Crippen LogP contribution in [0, 0.1) is 17.0 Å². The maximum absolute atomic E-state index is 12.8. The molecule has 0 aliphatic carbocycles. The zero-order valence-electron chi connectivity index (χ0n) is 13.6. The number of aromatic nitrogens is 2. The van der Waals surface area contributed by atoms with Crippen molar-refractivity contribution in [2.24, 2.45) is 0 Å². The normalized spacial score (nSPS) is 12.1. The van der Waals surface area contributed by atoms with Crippen LogP contribution >= 0.6 is 0 Å². The topological polar surface area (TPSA) is 112 Å². The van der Waals surface area contributed by atoms with Gasteiger partial charge in [0, 0.05) is 12.5 Å². The van der Waals surface area contributed by atoms with Gasteiger partial charge in [0.25, 0.3) is 11.2 Å². The molecule has 24 heavy (non-hydrogen) atoms. The van der Waals surface area contributed by atoms with Crippen molar-refractivity contribution in [3.05, 3.63) is 44.5 Å². The minimum absolute atomic E-state index is 0.105. The van der Waals surface area contributed by atoms with Crippen molar-refractivity contribution in [3.63, 3.8) is 0 Å². The Hall–Kier alpha value is -2.90. The standard InChI is InChI=1S/C16H17N3O5/c1-9(20)7-8-13(10(2)21)18-11(3)17-12-5-4-6-14(19(23)24)15(12)16(18)22/h4-6,13H,7-8H2,1-3H3. The summed E-state index contributed by atoms with van der Waals surface area (Å²) in [7, 11) is 0. The zero-order chi connectivity index (χ0) is 18.0. The van der Waals surface area contributed by atoms with Crippen molar-refractivity contribution in [1.29, 1.82) is 0 Å². The number of aryl methyl sites for hydroxylation is 1. The van der Waals surface area contributed by atoms with E-state index in [9.17, 15) is 24.5 Å². The van der Waals surface area contributed by atoms with Gasteiger partial charge in [0.1, 0.15) is 17.0 Å². The number of non-ortho nitro benzene ring substituents is 1. The number of fused-ring (bicyclic) bond motifs is 1. The molecule has 2 aromatic rings. The molecule has 0 N–H and O–H groups in total. The highest BCUT2D eigenvalue weighted by molar-refractivity contribution is 5.88. The average Bonchev–Trinajstić information content (AvgIpc) is 2.48. The number of carbonyl (C=O) groups is 2. The number of hydrogen-bond donors (Lipinski definition) is 0. The Morgan fingerprint density at radius 2 is 2.00 bits per heavy atom. The Morgan fingerprint density at radius 3 is 2.54 bits per heavy atom. The van der Waals surface area contributed by atoms with Crippen molar-refractivity contribution < 1.29 is 14.5 Å². The molecule has 126 valence electrons. The molecule has 0 radical (unpaired) electrons. The van der Waals surface area contributed by atoms with E-state index in [1.54, 1.807) is 6.92 Å². The van der Waals surface area contributed by atoms with E-state index in [0.29, 0.717) is 0 Å². The van der Waals surface area contributed by atoms with Crippen molar-refractivity contribution in [1.82, 2.24) is 9.55 Å². The fourth-order valence-corrected chi connectivity index (χ4v) is 2.71. The second kappa shape index (κ2) is 6.69. The van der Waals surface area contributed by atoms with Gasteiger partial charge in [-0.25, -0.2) is 4.98 Å². The number of nitrogens with zero attached hydrogens (tertiary/aromatic N) is 3. The molecule has 0 saturated heterocycles. The summed E-state index contributed by atoms with van der Waals surface area (Å²) < 4.78 is 1.15. The lowest BCUT2D eigenvalue weighted by atomic mass is 10.0. The number of ketones is 2. The van der Waals surface area contributed by atoms with E-state index in [-0.39, 0.29) is 46.8 Å². The van der Waals surface area contributed by atoms with Crippen LogP contribution in [0.4, 0.5) is 5.69 Å². The van der Waals surface area contributed by atoms with Crippen LogP contribution < -0.4 is 5.56 Å². The maximum atomic E-state index is 12.8. The number of nitro benzene ring substituents is 1. The molecule has 1 atom stereocenters. The quantitative estimate of drug-likeness (QED) is 0.592. The minimum atomic E-state index is -0.877. The molecule has 0 fully saturated rings. The van der Waals surface area contributed by atoms with E-state index in [1.807, 2.05) is 0 Å². The molecule has 2 rings (SSSR count). The molecular weight excluding hydrogens is 314 g/mol. The van der Waals surface area contributed by atoms with E-state index in [0.717, 1.165) is 4.57 Å². The predicted octanol–water partition coefficient (Wildman–Crippen LogP) is 2.11. The van der Waals surface area contributed by atoms with Gasteiger partial charge in [-0.05, 0) is 33.3 Å². The molecule has 0 saturated carbocycles. The monoisotopic (exact) mass is 331 g/mol. The molecule has 1 aromatic carbocycles. The van der Waals surface area contributed by atoms with Crippen LogP contribution in [0.25, 0.3) is 10.9 Å². The van der Waals surface area contributed by atoms with Crippen molar-refractivity contribution in [3.8, 4) is 0 Å². The van der Waals surface area contributed by atoms with E-state index in [4.69, 9.17) is 0 Å². The SMILES string of the molecule is CC(=O)CCC(C(C)=O)n1c(C)nc2cccc([N+](=O)[O-])c2c1=O. The highest BCUT2D eigenvalue weighted by atomic mass is 16.6. The number of hydrogen-bond acceptors (Lipinski definition) is 6. The summed E-state index contributed by atoms with van der Waals surface area (Å²) in [5, 5.41) is 11.1. The van der Waals surface area contributed by atoms with E-state index >= 15 is 0 Å². The predicted molar refractivity (Wildman–Crippen MR) is 87.0 cm³/mol. The smallest absolute Gasteiger partial charge is 0.284 e. The highest BCUT2D eigenvalue weighted by Gasteiger charge is 2.25.